The highest BCUT2D eigenvalue weighted by Gasteiger charge is 2.18. The summed E-state index contributed by atoms with van der Waals surface area (Å²) in [6.45, 7) is 3.56. The normalized spacial score (nSPS) is 10.6. The van der Waals surface area contributed by atoms with Gasteiger partial charge in [-0.25, -0.2) is 4.39 Å². The van der Waals surface area contributed by atoms with Gasteiger partial charge in [-0.2, -0.15) is 5.10 Å². The average Bonchev–Trinajstić information content (AvgIpc) is 2.75. The number of carboxylic acids is 1. The summed E-state index contributed by atoms with van der Waals surface area (Å²) in [7, 11) is 0. The van der Waals surface area contributed by atoms with Crippen LogP contribution in [0.1, 0.15) is 28.2 Å². The van der Waals surface area contributed by atoms with Crippen LogP contribution in [0, 0.1) is 19.7 Å². The van der Waals surface area contributed by atoms with E-state index in [1.165, 1.54) is 16.8 Å². The van der Waals surface area contributed by atoms with Crippen LogP contribution in [0.25, 0.3) is 0 Å². The van der Waals surface area contributed by atoms with E-state index in [9.17, 15) is 14.0 Å². The lowest BCUT2D eigenvalue weighted by Crippen LogP contribution is -2.15. The molecule has 0 unspecified atom stereocenters. The summed E-state index contributed by atoms with van der Waals surface area (Å²) in [6.07, 6.45) is -0.0851. The smallest absolute Gasteiger partial charge is 0.305 e. The number of carbonyl (C=O) groups excluding carboxylic acids is 1. The minimum atomic E-state index is -0.941. The second-order valence-corrected chi connectivity index (χ2v) is 5.43. The fourth-order valence-corrected chi connectivity index (χ4v) is 2.32. The van der Waals surface area contributed by atoms with Gasteiger partial charge in [0, 0.05) is 5.02 Å². The molecule has 6 nitrogen and oxygen atoms in total. The summed E-state index contributed by atoms with van der Waals surface area (Å²) in [5, 5.41) is 15.8. The van der Waals surface area contributed by atoms with Crippen LogP contribution in [-0.2, 0) is 11.3 Å². The number of anilines is 1. The molecule has 0 saturated carbocycles. The number of benzene rings is 1. The van der Waals surface area contributed by atoms with Gasteiger partial charge in [0.25, 0.3) is 5.91 Å². The highest BCUT2D eigenvalue weighted by atomic mass is 35.5. The summed E-state index contributed by atoms with van der Waals surface area (Å²) in [5.41, 5.74) is 1.37. The number of halogens is 2. The first-order valence-electron chi connectivity index (χ1n) is 6.81. The summed E-state index contributed by atoms with van der Waals surface area (Å²) >= 11 is 5.78. The van der Waals surface area contributed by atoms with Crippen LogP contribution in [0.5, 0.6) is 0 Å². The molecule has 0 aliphatic carbocycles. The molecule has 2 aromatic rings. The Hall–Kier alpha value is -2.41. The minimum absolute atomic E-state index is 0.0851. The second-order valence-electron chi connectivity index (χ2n) is 4.99. The van der Waals surface area contributed by atoms with Crippen LogP contribution in [0.3, 0.4) is 0 Å². The topological polar surface area (TPSA) is 84.2 Å². The van der Waals surface area contributed by atoms with E-state index in [1.807, 2.05) is 0 Å². The molecule has 2 N–H and O–H groups in total. The third-order valence-electron chi connectivity index (χ3n) is 3.33. The van der Waals surface area contributed by atoms with Crippen LogP contribution < -0.4 is 5.32 Å². The molecule has 0 bridgehead atoms. The van der Waals surface area contributed by atoms with E-state index >= 15 is 0 Å². The number of rotatable bonds is 5. The zero-order chi connectivity index (χ0) is 17.1. The van der Waals surface area contributed by atoms with E-state index in [2.05, 4.69) is 10.4 Å². The second kappa shape index (κ2) is 6.78. The Morgan fingerprint density at radius 3 is 2.74 bits per heavy atom. The van der Waals surface area contributed by atoms with Crippen molar-refractivity contribution in [2.45, 2.75) is 26.8 Å². The Morgan fingerprint density at radius 1 is 1.39 bits per heavy atom. The van der Waals surface area contributed by atoms with Gasteiger partial charge in [-0.3, -0.25) is 14.3 Å². The standard InChI is InChI=1S/C15H15ClFN3O3/c1-8-14(9(2)20(19-8)6-5-13(21)22)18-15(23)11-7-10(16)3-4-12(11)17/h3-4,7H,5-6H2,1-2H3,(H,18,23)(H,21,22). The Kier molecular flexibility index (Phi) is 5.00. The van der Waals surface area contributed by atoms with Gasteiger partial charge >= 0.3 is 5.97 Å². The lowest BCUT2D eigenvalue weighted by molar-refractivity contribution is -0.137. The molecule has 2 rings (SSSR count). The maximum atomic E-state index is 13.7. The Morgan fingerprint density at radius 2 is 2.09 bits per heavy atom. The quantitative estimate of drug-likeness (QED) is 0.877. The van der Waals surface area contributed by atoms with Crippen LogP contribution >= 0.6 is 11.6 Å². The molecule has 8 heteroatoms. The maximum Gasteiger partial charge on any atom is 0.305 e. The average molecular weight is 340 g/mol. The van der Waals surface area contributed by atoms with E-state index in [4.69, 9.17) is 16.7 Å². The zero-order valence-corrected chi connectivity index (χ0v) is 13.3. The van der Waals surface area contributed by atoms with E-state index in [1.54, 1.807) is 13.8 Å². The number of hydrogen-bond acceptors (Lipinski definition) is 3. The number of hydrogen-bond donors (Lipinski definition) is 2. The van der Waals surface area contributed by atoms with Crippen LogP contribution in [-0.4, -0.2) is 26.8 Å². The number of carboxylic acid groups (broad SMARTS) is 1. The number of aromatic nitrogens is 2. The van der Waals surface area contributed by atoms with Gasteiger partial charge in [0.15, 0.2) is 0 Å². The lowest BCUT2D eigenvalue weighted by atomic mass is 10.2. The van der Waals surface area contributed by atoms with Crippen molar-refractivity contribution in [2.24, 2.45) is 0 Å². The SMILES string of the molecule is Cc1nn(CCC(=O)O)c(C)c1NC(=O)c1cc(Cl)ccc1F. The van der Waals surface area contributed by atoms with Gasteiger partial charge in [-0.1, -0.05) is 11.6 Å². The molecular formula is C15H15ClFN3O3. The highest BCUT2D eigenvalue weighted by Crippen LogP contribution is 2.22. The molecular weight excluding hydrogens is 325 g/mol. The number of aryl methyl sites for hydroxylation is 2. The van der Waals surface area contributed by atoms with Crippen LogP contribution in [0.2, 0.25) is 5.02 Å². The number of aliphatic carboxylic acids is 1. The first-order valence-corrected chi connectivity index (χ1v) is 7.19. The minimum Gasteiger partial charge on any atom is -0.481 e. The molecule has 1 aromatic carbocycles. The number of amides is 1. The Labute approximate surface area is 136 Å². The molecule has 1 amide bonds. The molecule has 0 saturated heterocycles. The molecule has 1 heterocycles. The molecule has 0 fully saturated rings. The molecule has 1 aromatic heterocycles. The Bertz CT molecular complexity index is 774. The first-order chi connectivity index (χ1) is 10.8. The fourth-order valence-electron chi connectivity index (χ4n) is 2.15. The summed E-state index contributed by atoms with van der Waals surface area (Å²) in [6, 6.07) is 3.72. The Balaban J connectivity index is 2.24. The highest BCUT2D eigenvalue weighted by molar-refractivity contribution is 6.31. The van der Waals surface area contributed by atoms with Gasteiger partial charge in [-0.15, -0.1) is 0 Å². The van der Waals surface area contributed by atoms with Gasteiger partial charge in [0.05, 0.1) is 35.6 Å². The van der Waals surface area contributed by atoms with Crippen molar-refractivity contribution in [1.29, 1.82) is 0 Å². The van der Waals surface area contributed by atoms with Crippen molar-refractivity contribution in [1.82, 2.24) is 9.78 Å². The zero-order valence-electron chi connectivity index (χ0n) is 12.6. The van der Waals surface area contributed by atoms with Crippen molar-refractivity contribution in [3.63, 3.8) is 0 Å². The third-order valence-corrected chi connectivity index (χ3v) is 3.57. The molecule has 0 atom stereocenters. The van der Waals surface area contributed by atoms with E-state index in [0.717, 1.165) is 6.07 Å². The number of nitrogens with zero attached hydrogens (tertiary/aromatic N) is 2. The summed E-state index contributed by atoms with van der Waals surface area (Å²) in [5.74, 6) is -2.27. The largest absolute Gasteiger partial charge is 0.481 e. The van der Waals surface area contributed by atoms with Gasteiger partial charge < -0.3 is 10.4 Å². The van der Waals surface area contributed by atoms with Gasteiger partial charge in [0.1, 0.15) is 5.82 Å². The van der Waals surface area contributed by atoms with Gasteiger partial charge in [0.2, 0.25) is 0 Å². The van der Waals surface area contributed by atoms with Gasteiger partial charge in [-0.05, 0) is 32.0 Å². The number of carbonyl (C=O) groups is 2. The number of nitrogens with one attached hydrogen (secondary N) is 1. The van der Waals surface area contributed by atoms with Crippen molar-refractivity contribution < 1.29 is 19.1 Å². The fraction of sp³-hybridized carbons (Fsp3) is 0.267. The van der Waals surface area contributed by atoms with E-state index in [0.29, 0.717) is 17.1 Å². The van der Waals surface area contributed by atoms with E-state index in [-0.39, 0.29) is 23.6 Å². The molecule has 0 radical (unpaired) electrons. The molecule has 0 aliphatic rings. The summed E-state index contributed by atoms with van der Waals surface area (Å²) in [4.78, 5) is 22.9. The molecule has 0 aliphatic heterocycles. The summed E-state index contributed by atoms with van der Waals surface area (Å²) < 4.78 is 15.2. The molecule has 122 valence electrons. The van der Waals surface area contributed by atoms with Crippen LogP contribution in [0.4, 0.5) is 10.1 Å². The maximum absolute atomic E-state index is 13.7. The predicted octanol–water partition coefficient (Wildman–Crippen LogP) is 3.02. The van der Waals surface area contributed by atoms with Crippen molar-refractivity contribution >= 4 is 29.2 Å². The predicted molar refractivity (Wildman–Crippen MR) is 83.3 cm³/mol. The molecule has 23 heavy (non-hydrogen) atoms. The van der Waals surface area contributed by atoms with Crippen molar-refractivity contribution in [2.75, 3.05) is 5.32 Å². The first kappa shape index (κ1) is 17.0. The van der Waals surface area contributed by atoms with E-state index < -0.39 is 17.7 Å². The monoisotopic (exact) mass is 339 g/mol. The third kappa shape index (κ3) is 3.87. The van der Waals surface area contributed by atoms with Crippen molar-refractivity contribution in [3.05, 3.63) is 46.0 Å². The van der Waals surface area contributed by atoms with Crippen LogP contribution in [0.15, 0.2) is 18.2 Å². The lowest BCUT2D eigenvalue weighted by Gasteiger charge is -2.07. The molecule has 0 spiro atoms. The van der Waals surface area contributed by atoms with Crippen molar-refractivity contribution in [3.8, 4) is 0 Å².